The largest absolute Gasteiger partial charge is 0.503 e. The van der Waals surface area contributed by atoms with Gasteiger partial charge in [-0.05, 0) is 41.0 Å². The second kappa shape index (κ2) is 13.0. The summed E-state index contributed by atoms with van der Waals surface area (Å²) in [6.45, 7) is 3.99. The third-order valence-electron chi connectivity index (χ3n) is 6.17. The molecule has 0 saturated carbocycles. The van der Waals surface area contributed by atoms with Crippen LogP contribution in [0.15, 0.2) is 113 Å². The van der Waals surface area contributed by atoms with E-state index < -0.39 is 23.5 Å². The van der Waals surface area contributed by atoms with Gasteiger partial charge in [0.2, 0.25) is 5.13 Å². The number of rotatable bonds is 11. The Balaban J connectivity index is 1.46. The molecule has 1 aliphatic heterocycles. The number of aliphatic hydroxyl groups is 1. The maximum absolute atomic E-state index is 13.5. The number of hydrogen-bond donors (Lipinski definition) is 1. The molecule has 7 nitrogen and oxygen atoms in total. The van der Waals surface area contributed by atoms with Gasteiger partial charge in [0.25, 0.3) is 5.91 Å². The Hall–Kier alpha value is -4.18. The van der Waals surface area contributed by atoms with Crippen LogP contribution in [0, 0.1) is 0 Å². The number of aliphatic hydroxyl groups excluding tert-OH is 1. The van der Waals surface area contributed by atoms with E-state index >= 15 is 0 Å². The lowest BCUT2D eigenvalue weighted by atomic mass is 9.95. The summed E-state index contributed by atoms with van der Waals surface area (Å²) in [4.78, 5) is 28.2. The van der Waals surface area contributed by atoms with Gasteiger partial charge in [-0.25, -0.2) is 0 Å². The van der Waals surface area contributed by atoms with E-state index in [1.165, 1.54) is 34.1 Å². The first-order valence-electron chi connectivity index (χ1n) is 12.5. The molecule has 4 aromatic rings. The molecule has 10 heteroatoms. The van der Waals surface area contributed by atoms with Crippen LogP contribution in [0.3, 0.4) is 0 Å². The van der Waals surface area contributed by atoms with Crippen LogP contribution in [0.2, 0.25) is 5.02 Å². The van der Waals surface area contributed by atoms with Crippen molar-refractivity contribution in [1.82, 2.24) is 10.2 Å². The lowest BCUT2D eigenvalue weighted by molar-refractivity contribution is -0.117. The van der Waals surface area contributed by atoms with Crippen molar-refractivity contribution in [2.45, 2.75) is 16.1 Å². The zero-order valence-electron chi connectivity index (χ0n) is 21.6. The summed E-state index contributed by atoms with van der Waals surface area (Å²) < 4.78 is 6.21. The number of amides is 1. The topological polar surface area (TPSA) is 92.6 Å². The van der Waals surface area contributed by atoms with Crippen LogP contribution in [-0.4, -0.2) is 33.6 Å². The first-order chi connectivity index (χ1) is 20.0. The van der Waals surface area contributed by atoms with E-state index in [1.807, 2.05) is 54.6 Å². The number of ether oxygens (including phenoxy) is 1. The number of nitrogens with zero attached hydrogens (tertiary/aromatic N) is 3. The second-order valence-corrected chi connectivity index (χ2v) is 11.4. The quantitative estimate of drug-likeness (QED) is 0.0839. The molecule has 1 aliphatic rings. The van der Waals surface area contributed by atoms with Gasteiger partial charge in [-0.15, -0.1) is 10.2 Å². The van der Waals surface area contributed by atoms with Gasteiger partial charge < -0.3 is 9.84 Å². The molecule has 1 amide bonds. The van der Waals surface area contributed by atoms with Crippen LogP contribution >= 0.6 is 34.7 Å². The van der Waals surface area contributed by atoms with Crippen molar-refractivity contribution in [2.24, 2.45) is 0 Å². The highest BCUT2D eigenvalue weighted by Gasteiger charge is 2.45. The monoisotopic (exact) mass is 601 g/mol. The Bertz CT molecular complexity index is 1630. The maximum atomic E-state index is 13.5. The predicted molar refractivity (Wildman–Crippen MR) is 163 cm³/mol. The molecule has 206 valence electrons. The van der Waals surface area contributed by atoms with Crippen molar-refractivity contribution in [3.05, 3.63) is 131 Å². The molecule has 1 unspecified atom stereocenters. The molecular formula is C31H24ClN3O4S2. The molecule has 41 heavy (non-hydrogen) atoms. The van der Waals surface area contributed by atoms with Crippen LogP contribution < -0.4 is 9.64 Å². The Morgan fingerprint density at radius 1 is 1.07 bits per heavy atom. The van der Waals surface area contributed by atoms with Crippen LogP contribution in [0.25, 0.3) is 6.08 Å². The number of ketones is 1. The highest BCUT2D eigenvalue weighted by atomic mass is 35.5. The zero-order chi connectivity index (χ0) is 28.8. The lowest BCUT2D eigenvalue weighted by Crippen LogP contribution is -2.30. The average molecular weight is 602 g/mol. The first kappa shape index (κ1) is 28.4. The molecule has 0 bridgehead atoms. The van der Waals surface area contributed by atoms with Crippen LogP contribution in [-0.2, 0) is 15.3 Å². The molecule has 1 N–H and O–H groups in total. The predicted octanol–water partition coefficient (Wildman–Crippen LogP) is 7.23. The van der Waals surface area contributed by atoms with Gasteiger partial charge in [0.15, 0.2) is 15.9 Å². The van der Waals surface area contributed by atoms with Crippen molar-refractivity contribution in [2.75, 3.05) is 11.5 Å². The van der Waals surface area contributed by atoms with Crippen molar-refractivity contribution < 1.29 is 19.4 Å². The van der Waals surface area contributed by atoms with Gasteiger partial charge in [-0.1, -0.05) is 114 Å². The van der Waals surface area contributed by atoms with E-state index in [4.69, 9.17) is 16.3 Å². The molecular weight excluding hydrogens is 578 g/mol. The highest BCUT2D eigenvalue weighted by Crippen LogP contribution is 2.43. The van der Waals surface area contributed by atoms with E-state index in [0.29, 0.717) is 33.0 Å². The van der Waals surface area contributed by atoms with Gasteiger partial charge in [-0.2, -0.15) is 0 Å². The summed E-state index contributed by atoms with van der Waals surface area (Å²) >= 11 is 8.92. The molecule has 0 spiro atoms. The van der Waals surface area contributed by atoms with Crippen molar-refractivity contribution in [3.63, 3.8) is 0 Å². The number of halogens is 1. The van der Waals surface area contributed by atoms with Crippen LogP contribution in [0.1, 0.15) is 22.7 Å². The van der Waals surface area contributed by atoms with Crippen molar-refractivity contribution >= 4 is 57.6 Å². The third kappa shape index (κ3) is 6.43. The van der Waals surface area contributed by atoms with Gasteiger partial charge in [0.05, 0.1) is 11.6 Å². The van der Waals surface area contributed by atoms with Gasteiger partial charge >= 0.3 is 0 Å². The van der Waals surface area contributed by atoms with E-state index in [9.17, 15) is 14.7 Å². The average Bonchev–Trinajstić information content (AvgIpc) is 3.57. The molecule has 2 heterocycles. The van der Waals surface area contributed by atoms with Gasteiger partial charge in [-0.3, -0.25) is 14.5 Å². The number of carbonyl (C=O) groups is 2. The zero-order valence-corrected chi connectivity index (χ0v) is 24.0. The first-order valence-corrected chi connectivity index (χ1v) is 14.7. The molecule has 1 atom stereocenters. The summed E-state index contributed by atoms with van der Waals surface area (Å²) in [5, 5.41) is 20.4. The second-order valence-electron chi connectivity index (χ2n) is 8.85. The summed E-state index contributed by atoms with van der Waals surface area (Å²) in [6.07, 6.45) is 4.64. The minimum Gasteiger partial charge on any atom is -0.503 e. The number of allylic oxidation sites excluding steroid dienone is 1. The number of carbonyl (C=O) groups excluding carboxylic acids is 2. The Morgan fingerprint density at radius 3 is 2.54 bits per heavy atom. The maximum Gasteiger partial charge on any atom is 0.296 e. The smallest absolute Gasteiger partial charge is 0.296 e. The molecule has 0 aliphatic carbocycles. The van der Waals surface area contributed by atoms with E-state index in [0.717, 1.165) is 11.1 Å². The lowest BCUT2D eigenvalue weighted by Gasteiger charge is -2.24. The SMILES string of the molecule is C=CCOc1ccc(C2C(C(=O)C=Cc3ccccc3)=C(O)C(=O)N2c2nnc(SCc3ccccc3Cl)s2)cc1. The van der Waals surface area contributed by atoms with E-state index in [2.05, 4.69) is 16.8 Å². The minimum absolute atomic E-state index is 0.0394. The van der Waals surface area contributed by atoms with Crippen molar-refractivity contribution in [1.29, 1.82) is 0 Å². The number of thioether (sulfide) groups is 1. The van der Waals surface area contributed by atoms with E-state index in [1.54, 1.807) is 36.4 Å². The third-order valence-corrected chi connectivity index (χ3v) is 8.65. The number of aromatic nitrogens is 2. The fourth-order valence-corrected chi connectivity index (χ4v) is 6.36. The standard InChI is InChI=1S/C31H24ClN3O4S2/c1-2-18-39-23-15-13-21(14-16-23)27-26(25(36)17-12-20-8-4-3-5-9-20)28(37)29(38)35(27)30-33-34-31(41-30)40-19-22-10-6-7-11-24(22)32/h2-17,27,37H,1,18-19H2. The number of hydrogen-bond acceptors (Lipinski definition) is 8. The summed E-state index contributed by atoms with van der Waals surface area (Å²) in [5.74, 6) is -0.668. The number of anilines is 1. The molecule has 0 saturated heterocycles. The molecule has 0 fully saturated rings. The molecule has 5 rings (SSSR count). The Morgan fingerprint density at radius 2 is 1.80 bits per heavy atom. The summed E-state index contributed by atoms with van der Waals surface area (Å²) in [5.41, 5.74) is 2.32. The minimum atomic E-state index is -0.918. The fraction of sp³-hybridized carbons (Fsp3) is 0.0968. The van der Waals surface area contributed by atoms with Crippen LogP contribution in [0.4, 0.5) is 5.13 Å². The Kier molecular flexibility index (Phi) is 8.98. The molecule has 1 aromatic heterocycles. The van der Waals surface area contributed by atoms with Crippen molar-refractivity contribution in [3.8, 4) is 5.75 Å². The normalized spacial score (nSPS) is 15.1. The molecule has 0 radical (unpaired) electrons. The summed E-state index contributed by atoms with van der Waals surface area (Å²) in [7, 11) is 0. The van der Waals surface area contributed by atoms with Gasteiger partial charge in [0.1, 0.15) is 12.4 Å². The molecule has 3 aromatic carbocycles. The Labute approximate surface area is 250 Å². The van der Waals surface area contributed by atoms with Gasteiger partial charge in [0, 0.05) is 10.8 Å². The number of benzene rings is 3. The summed E-state index contributed by atoms with van der Waals surface area (Å²) in [6, 6.07) is 22.9. The van der Waals surface area contributed by atoms with Crippen LogP contribution in [0.5, 0.6) is 5.75 Å². The highest BCUT2D eigenvalue weighted by molar-refractivity contribution is 8.00. The fourth-order valence-electron chi connectivity index (χ4n) is 4.21. The van der Waals surface area contributed by atoms with E-state index in [-0.39, 0.29) is 10.7 Å².